The maximum Gasteiger partial charge on any atom is 0.123 e. The van der Waals surface area contributed by atoms with Crippen molar-refractivity contribution in [3.8, 4) is 5.75 Å². The Bertz CT molecular complexity index is 1220. The van der Waals surface area contributed by atoms with Crippen LogP contribution in [-0.4, -0.2) is 25.2 Å². The molecule has 0 amide bonds. The maximum absolute atomic E-state index is 13.5. The third kappa shape index (κ3) is 6.65. The number of ether oxygens (including phenoxy) is 1. The molecular formula is C27H28ClF2N3O. The third-order valence-corrected chi connectivity index (χ3v) is 5.53. The number of anilines is 1. The van der Waals surface area contributed by atoms with Crippen LogP contribution in [0.15, 0.2) is 72.9 Å². The first-order valence-corrected chi connectivity index (χ1v) is 11.0. The van der Waals surface area contributed by atoms with E-state index in [9.17, 15) is 8.78 Å². The van der Waals surface area contributed by atoms with Gasteiger partial charge in [-0.2, -0.15) is 0 Å². The van der Waals surface area contributed by atoms with Crippen molar-refractivity contribution in [2.75, 3.05) is 25.5 Å². The summed E-state index contributed by atoms with van der Waals surface area (Å²) in [5.74, 6) is 0.197. The molecule has 0 aliphatic carbocycles. The van der Waals surface area contributed by atoms with Crippen molar-refractivity contribution in [2.45, 2.75) is 19.4 Å². The van der Waals surface area contributed by atoms with Gasteiger partial charge in [-0.25, -0.2) is 8.78 Å². The van der Waals surface area contributed by atoms with E-state index in [0.29, 0.717) is 12.3 Å². The molecule has 2 N–H and O–H groups in total. The molecule has 34 heavy (non-hydrogen) atoms. The zero-order chi connectivity index (χ0) is 23.0. The van der Waals surface area contributed by atoms with E-state index in [-0.39, 0.29) is 24.0 Å². The molecule has 7 heteroatoms. The van der Waals surface area contributed by atoms with Gasteiger partial charge in [0.15, 0.2) is 0 Å². The minimum absolute atomic E-state index is 0. The second-order valence-corrected chi connectivity index (χ2v) is 7.93. The SMILES string of the molecule is COc1ccc(F)cc1CNCCCNc1ccnc2cc(Cc3ccc(F)cc3)ccc12.Cl. The van der Waals surface area contributed by atoms with Gasteiger partial charge in [0.1, 0.15) is 17.4 Å². The predicted molar refractivity (Wildman–Crippen MR) is 136 cm³/mol. The van der Waals surface area contributed by atoms with Crippen molar-refractivity contribution in [3.63, 3.8) is 0 Å². The highest BCUT2D eigenvalue weighted by Crippen LogP contribution is 2.24. The molecule has 0 bridgehead atoms. The Morgan fingerprint density at radius 3 is 2.41 bits per heavy atom. The molecule has 4 nitrogen and oxygen atoms in total. The maximum atomic E-state index is 13.5. The van der Waals surface area contributed by atoms with Gasteiger partial charge in [0, 0.05) is 35.9 Å². The van der Waals surface area contributed by atoms with E-state index >= 15 is 0 Å². The fourth-order valence-corrected chi connectivity index (χ4v) is 3.84. The van der Waals surface area contributed by atoms with Crippen LogP contribution in [0.25, 0.3) is 10.9 Å². The van der Waals surface area contributed by atoms with Crippen molar-refractivity contribution in [3.05, 3.63) is 101 Å². The van der Waals surface area contributed by atoms with Gasteiger partial charge in [-0.3, -0.25) is 4.98 Å². The first-order valence-electron chi connectivity index (χ1n) is 11.0. The number of aromatic nitrogens is 1. The highest BCUT2D eigenvalue weighted by molar-refractivity contribution is 5.91. The van der Waals surface area contributed by atoms with E-state index in [1.54, 1.807) is 19.4 Å². The lowest BCUT2D eigenvalue weighted by atomic mass is 10.0. The summed E-state index contributed by atoms with van der Waals surface area (Å²) in [6, 6.07) is 19.4. The molecule has 3 aromatic carbocycles. The number of methoxy groups -OCH3 is 1. The van der Waals surface area contributed by atoms with Crippen molar-refractivity contribution >= 4 is 29.0 Å². The average molecular weight is 484 g/mol. The lowest BCUT2D eigenvalue weighted by Gasteiger charge is -2.12. The molecule has 4 rings (SSSR count). The van der Waals surface area contributed by atoms with Crippen LogP contribution in [0.5, 0.6) is 5.75 Å². The monoisotopic (exact) mass is 483 g/mol. The van der Waals surface area contributed by atoms with E-state index < -0.39 is 0 Å². The highest BCUT2D eigenvalue weighted by atomic mass is 35.5. The van der Waals surface area contributed by atoms with Crippen LogP contribution < -0.4 is 15.4 Å². The molecule has 1 aromatic heterocycles. The second-order valence-electron chi connectivity index (χ2n) is 7.93. The van der Waals surface area contributed by atoms with Crippen LogP contribution in [0, 0.1) is 11.6 Å². The number of halogens is 3. The Kier molecular flexibility index (Phi) is 9.19. The minimum atomic E-state index is -0.264. The van der Waals surface area contributed by atoms with Crippen LogP contribution in [0.4, 0.5) is 14.5 Å². The number of nitrogens with one attached hydrogen (secondary N) is 2. The Balaban J connectivity index is 0.00000324. The van der Waals surface area contributed by atoms with Gasteiger partial charge >= 0.3 is 0 Å². The van der Waals surface area contributed by atoms with E-state index in [2.05, 4.69) is 33.8 Å². The van der Waals surface area contributed by atoms with Crippen LogP contribution >= 0.6 is 12.4 Å². The molecule has 0 spiro atoms. The predicted octanol–water partition coefficient (Wildman–Crippen LogP) is 6.13. The normalized spacial score (nSPS) is 10.7. The quantitative estimate of drug-likeness (QED) is 0.266. The third-order valence-electron chi connectivity index (χ3n) is 5.53. The average Bonchev–Trinajstić information content (AvgIpc) is 2.83. The van der Waals surface area contributed by atoms with Crippen molar-refractivity contribution in [2.24, 2.45) is 0 Å². The summed E-state index contributed by atoms with van der Waals surface area (Å²) in [6.45, 7) is 2.14. The molecule has 0 aliphatic rings. The van der Waals surface area contributed by atoms with Gasteiger partial charge in [-0.15, -0.1) is 12.4 Å². The molecule has 0 radical (unpaired) electrons. The van der Waals surface area contributed by atoms with E-state index in [1.165, 1.54) is 24.3 Å². The Labute approximate surface area is 204 Å². The number of benzene rings is 3. The summed E-state index contributed by atoms with van der Waals surface area (Å²) in [6.07, 6.45) is 3.45. The first kappa shape index (κ1) is 25.4. The van der Waals surface area contributed by atoms with E-state index in [1.807, 2.05) is 18.2 Å². The van der Waals surface area contributed by atoms with Crippen LogP contribution in [-0.2, 0) is 13.0 Å². The summed E-state index contributed by atoms with van der Waals surface area (Å²) in [5.41, 5.74) is 4.97. The summed E-state index contributed by atoms with van der Waals surface area (Å²) in [7, 11) is 1.59. The molecule has 0 atom stereocenters. The molecule has 4 aromatic rings. The minimum Gasteiger partial charge on any atom is -0.496 e. The van der Waals surface area contributed by atoms with E-state index in [0.717, 1.165) is 59.2 Å². The fraction of sp³-hybridized carbons (Fsp3) is 0.222. The number of fused-ring (bicyclic) bond motifs is 1. The molecule has 178 valence electrons. The molecule has 0 saturated carbocycles. The molecule has 0 aliphatic heterocycles. The molecule has 0 fully saturated rings. The molecule has 0 saturated heterocycles. The van der Waals surface area contributed by atoms with Crippen molar-refractivity contribution in [1.29, 1.82) is 0 Å². The number of hydrogen-bond acceptors (Lipinski definition) is 4. The summed E-state index contributed by atoms with van der Waals surface area (Å²) < 4.78 is 31.9. The largest absolute Gasteiger partial charge is 0.496 e. The zero-order valence-electron chi connectivity index (χ0n) is 19.0. The van der Waals surface area contributed by atoms with Gasteiger partial charge < -0.3 is 15.4 Å². The van der Waals surface area contributed by atoms with Crippen LogP contribution in [0.3, 0.4) is 0 Å². The second kappa shape index (κ2) is 12.3. The molecular weight excluding hydrogens is 456 g/mol. The van der Waals surface area contributed by atoms with Gasteiger partial charge in [-0.05, 0) is 73.0 Å². The summed E-state index contributed by atoms with van der Waals surface area (Å²) in [5, 5.41) is 7.89. The van der Waals surface area contributed by atoms with Gasteiger partial charge in [-0.1, -0.05) is 24.3 Å². The van der Waals surface area contributed by atoms with Gasteiger partial charge in [0.25, 0.3) is 0 Å². The highest BCUT2D eigenvalue weighted by Gasteiger charge is 2.06. The first-order chi connectivity index (χ1) is 16.1. The van der Waals surface area contributed by atoms with Crippen LogP contribution in [0.1, 0.15) is 23.1 Å². The number of hydrogen-bond donors (Lipinski definition) is 2. The van der Waals surface area contributed by atoms with Gasteiger partial charge in [0.2, 0.25) is 0 Å². The van der Waals surface area contributed by atoms with Gasteiger partial charge in [0.05, 0.1) is 12.6 Å². The number of pyridine rings is 1. The standard InChI is InChI=1S/C27H27F2N3O.ClH/c1-33-27-10-8-23(29)17-21(27)18-30-12-2-13-31-25-11-14-32-26-16-20(5-9-24(25)26)15-19-3-6-22(28)7-4-19;/h3-11,14,16-17,30H,2,12-13,15,18H2,1H3,(H,31,32);1H. The molecule has 1 heterocycles. The molecule has 0 unspecified atom stereocenters. The lowest BCUT2D eigenvalue weighted by molar-refractivity contribution is 0.406. The summed E-state index contributed by atoms with van der Waals surface area (Å²) in [4.78, 5) is 4.52. The topological polar surface area (TPSA) is 46.2 Å². The number of rotatable bonds is 10. The Morgan fingerprint density at radius 1 is 0.853 bits per heavy atom. The summed E-state index contributed by atoms with van der Waals surface area (Å²) >= 11 is 0. The Morgan fingerprint density at radius 2 is 1.62 bits per heavy atom. The number of nitrogens with zero attached hydrogens (tertiary/aromatic N) is 1. The van der Waals surface area contributed by atoms with Crippen LogP contribution in [0.2, 0.25) is 0 Å². The zero-order valence-corrected chi connectivity index (χ0v) is 19.8. The lowest BCUT2D eigenvalue weighted by Crippen LogP contribution is -2.18. The van der Waals surface area contributed by atoms with Crippen molar-refractivity contribution < 1.29 is 13.5 Å². The fourth-order valence-electron chi connectivity index (χ4n) is 3.84. The van der Waals surface area contributed by atoms with E-state index in [4.69, 9.17) is 4.74 Å². The smallest absolute Gasteiger partial charge is 0.123 e. The van der Waals surface area contributed by atoms with Crippen molar-refractivity contribution in [1.82, 2.24) is 10.3 Å². The Hall–Kier alpha value is -3.22.